The fraction of sp³-hybridized carbons (Fsp3) is 0.350. The van der Waals surface area contributed by atoms with Crippen LogP contribution >= 0.6 is 0 Å². The number of aromatic hydroxyl groups is 3. The molecule has 0 saturated carbocycles. The Morgan fingerprint density at radius 2 is 1.77 bits per heavy atom. The fourth-order valence-electron chi connectivity index (χ4n) is 3.04. The van der Waals surface area contributed by atoms with E-state index in [1.807, 2.05) is 13.8 Å². The predicted molar refractivity (Wildman–Crippen MR) is 94.7 cm³/mol. The minimum atomic E-state index is -0.734. The minimum absolute atomic E-state index is 0.0300. The molecule has 0 bridgehead atoms. The van der Waals surface area contributed by atoms with Crippen LogP contribution in [0.3, 0.4) is 0 Å². The molecule has 6 nitrogen and oxygen atoms in total. The lowest BCUT2D eigenvalue weighted by atomic mass is 9.90. The quantitative estimate of drug-likeness (QED) is 0.669. The Morgan fingerprint density at radius 3 is 2.38 bits per heavy atom. The van der Waals surface area contributed by atoms with Gasteiger partial charge in [-0.05, 0) is 23.6 Å². The van der Waals surface area contributed by atoms with Crippen molar-refractivity contribution in [1.29, 1.82) is 0 Å². The molecule has 6 heteroatoms. The topological polar surface area (TPSA) is 107 Å². The molecule has 2 atom stereocenters. The molecule has 1 heterocycles. The number of aliphatic hydroxyl groups is 1. The highest BCUT2D eigenvalue weighted by Gasteiger charge is 2.34. The number of ether oxygens (including phenoxy) is 1. The molecule has 0 fully saturated rings. The maximum atomic E-state index is 12.6. The summed E-state index contributed by atoms with van der Waals surface area (Å²) in [5, 5.41) is 40.0. The van der Waals surface area contributed by atoms with Crippen molar-refractivity contribution < 1.29 is 30.0 Å². The number of hydrogen-bond acceptors (Lipinski definition) is 6. The van der Waals surface area contributed by atoms with Gasteiger partial charge < -0.3 is 25.2 Å². The van der Waals surface area contributed by atoms with Gasteiger partial charge in [0.1, 0.15) is 34.7 Å². The van der Waals surface area contributed by atoms with E-state index in [1.54, 1.807) is 12.1 Å². The van der Waals surface area contributed by atoms with E-state index >= 15 is 0 Å². The van der Waals surface area contributed by atoms with E-state index in [0.717, 1.165) is 6.07 Å². The lowest BCUT2D eigenvalue weighted by Crippen LogP contribution is -2.24. The Balaban J connectivity index is 2.05. The van der Waals surface area contributed by atoms with Crippen molar-refractivity contribution in [2.45, 2.75) is 38.9 Å². The standard InChI is InChI=1S/C20H22O6/c1-10(2)14(22)7-13-15(23)8-16(24)19-17(25)9-18(26-20(13)19)11-3-5-12(21)6-4-11/h3-6,8,10,14,18,21-24H,7,9H2,1-2H3. The summed E-state index contributed by atoms with van der Waals surface area (Å²) in [5.74, 6) is -0.702. The molecule has 4 N–H and O–H groups in total. The number of hydrogen-bond donors (Lipinski definition) is 4. The molecule has 0 aromatic heterocycles. The van der Waals surface area contributed by atoms with Gasteiger partial charge in [0, 0.05) is 18.1 Å². The number of fused-ring (bicyclic) bond motifs is 1. The van der Waals surface area contributed by atoms with Gasteiger partial charge in [-0.3, -0.25) is 4.79 Å². The fourth-order valence-corrected chi connectivity index (χ4v) is 3.04. The Bertz CT molecular complexity index is 825. The van der Waals surface area contributed by atoms with Gasteiger partial charge in [0.2, 0.25) is 0 Å². The molecular formula is C20H22O6. The van der Waals surface area contributed by atoms with E-state index in [4.69, 9.17) is 4.74 Å². The number of rotatable bonds is 4. The molecule has 0 spiro atoms. The molecule has 2 aromatic rings. The van der Waals surface area contributed by atoms with E-state index in [1.165, 1.54) is 12.1 Å². The summed E-state index contributed by atoms with van der Waals surface area (Å²) in [4.78, 5) is 12.6. The zero-order chi connectivity index (χ0) is 19.0. The lowest BCUT2D eigenvalue weighted by Gasteiger charge is -2.29. The van der Waals surface area contributed by atoms with Gasteiger partial charge in [0.05, 0.1) is 12.5 Å². The van der Waals surface area contributed by atoms with Gasteiger partial charge >= 0.3 is 0 Å². The third-order valence-electron chi connectivity index (χ3n) is 4.70. The van der Waals surface area contributed by atoms with Crippen LogP contribution in [0.2, 0.25) is 0 Å². The lowest BCUT2D eigenvalue weighted by molar-refractivity contribution is 0.0833. The molecule has 26 heavy (non-hydrogen) atoms. The summed E-state index contributed by atoms with van der Waals surface area (Å²) < 4.78 is 5.97. The van der Waals surface area contributed by atoms with Crippen molar-refractivity contribution in [3.63, 3.8) is 0 Å². The number of ketones is 1. The van der Waals surface area contributed by atoms with Crippen LogP contribution in [0.15, 0.2) is 30.3 Å². The Hall–Kier alpha value is -2.73. The van der Waals surface area contributed by atoms with Gasteiger partial charge in [0.25, 0.3) is 0 Å². The first kappa shape index (κ1) is 18.1. The van der Waals surface area contributed by atoms with Crippen molar-refractivity contribution in [1.82, 2.24) is 0 Å². The highest BCUT2D eigenvalue weighted by molar-refractivity contribution is 6.03. The number of benzene rings is 2. The van der Waals surface area contributed by atoms with E-state index in [-0.39, 0.29) is 53.1 Å². The van der Waals surface area contributed by atoms with E-state index in [2.05, 4.69) is 0 Å². The summed E-state index contributed by atoms with van der Waals surface area (Å²) in [5.41, 5.74) is 1.03. The maximum absolute atomic E-state index is 12.6. The Kier molecular flexibility index (Phi) is 4.78. The van der Waals surface area contributed by atoms with E-state index in [9.17, 15) is 25.2 Å². The van der Waals surface area contributed by atoms with Crippen LogP contribution in [-0.4, -0.2) is 32.3 Å². The molecule has 0 radical (unpaired) electrons. The van der Waals surface area contributed by atoms with Gasteiger partial charge in [-0.1, -0.05) is 26.0 Å². The van der Waals surface area contributed by atoms with E-state index < -0.39 is 12.2 Å². The average Bonchev–Trinajstić information content (AvgIpc) is 2.58. The first-order chi connectivity index (χ1) is 12.3. The molecule has 2 unspecified atom stereocenters. The van der Waals surface area contributed by atoms with Crippen LogP contribution in [0.25, 0.3) is 0 Å². The van der Waals surface area contributed by atoms with Crippen LogP contribution < -0.4 is 4.74 Å². The van der Waals surface area contributed by atoms with Gasteiger partial charge in [-0.25, -0.2) is 0 Å². The third-order valence-corrected chi connectivity index (χ3v) is 4.70. The highest BCUT2D eigenvalue weighted by Crippen LogP contribution is 2.45. The summed E-state index contributed by atoms with van der Waals surface area (Å²) >= 11 is 0. The van der Waals surface area contributed by atoms with Crippen molar-refractivity contribution in [3.05, 3.63) is 47.0 Å². The Labute approximate surface area is 151 Å². The molecule has 0 saturated heterocycles. The molecular weight excluding hydrogens is 336 g/mol. The van der Waals surface area contributed by atoms with Crippen LogP contribution in [0.5, 0.6) is 23.0 Å². The second-order valence-corrected chi connectivity index (χ2v) is 6.94. The van der Waals surface area contributed by atoms with Crippen molar-refractivity contribution in [2.75, 3.05) is 0 Å². The number of Topliss-reactive ketones (excluding diaryl/α,β-unsaturated/α-hetero) is 1. The molecule has 138 valence electrons. The predicted octanol–water partition coefficient (Wildman–Crippen LogP) is 3.07. The monoisotopic (exact) mass is 358 g/mol. The first-order valence-electron chi connectivity index (χ1n) is 8.52. The summed E-state index contributed by atoms with van der Waals surface area (Å²) in [6, 6.07) is 7.43. The zero-order valence-corrected chi connectivity index (χ0v) is 14.6. The van der Waals surface area contributed by atoms with Gasteiger partial charge in [-0.15, -0.1) is 0 Å². The van der Waals surface area contributed by atoms with Crippen LogP contribution in [0.1, 0.15) is 47.9 Å². The SMILES string of the molecule is CC(C)C(O)Cc1c(O)cc(O)c2c1OC(c1ccc(O)cc1)CC2=O. The minimum Gasteiger partial charge on any atom is -0.508 e. The number of carbonyl (C=O) groups is 1. The maximum Gasteiger partial charge on any atom is 0.174 e. The smallest absolute Gasteiger partial charge is 0.174 e. The van der Waals surface area contributed by atoms with Crippen LogP contribution in [0.4, 0.5) is 0 Å². The highest BCUT2D eigenvalue weighted by atomic mass is 16.5. The molecule has 1 aliphatic rings. The number of phenolic OH excluding ortho intramolecular Hbond substituents is 3. The van der Waals surface area contributed by atoms with Gasteiger partial charge in [-0.2, -0.15) is 0 Å². The van der Waals surface area contributed by atoms with E-state index in [0.29, 0.717) is 11.1 Å². The van der Waals surface area contributed by atoms with Crippen LogP contribution in [0, 0.1) is 5.92 Å². The largest absolute Gasteiger partial charge is 0.508 e. The van der Waals surface area contributed by atoms with Crippen LogP contribution in [-0.2, 0) is 6.42 Å². The first-order valence-corrected chi connectivity index (χ1v) is 8.52. The van der Waals surface area contributed by atoms with Crippen molar-refractivity contribution >= 4 is 5.78 Å². The molecule has 1 aliphatic heterocycles. The number of carbonyl (C=O) groups excluding carboxylic acids is 1. The summed E-state index contributed by atoms with van der Waals surface area (Å²) in [6.45, 7) is 3.69. The summed E-state index contributed by atoms with van der Waals surface area (Å²) in [7, 11) is 0. The second-order valence-electron chi connectivity index (χ2n) is 6.94. The van der Waals surface area contributed by atoms with Crippen molar-refractivity contribution in [3.8, 4) is 23.0 Å². The molecule has 3 rings (SSSR count). The third kappa shape index (κ3) is 3.32. The van der Waals surface area contributed by atoms with Crippen molar-refractivity contribution in [2.24, 2.45) is 5.92 Å². The Morgan fingerprint density at radius 1 is 1.12 bits per heavy atom. The second kappa shape index (κ2) is 6.88. The molecule has 0 aliphatic carbocycles. The van der Waals surface area contributed by atoms with Gasteiger partial charge in [0.15, 0.2) is 5.78 Å². The number of phenols is 3. The number of aliphatic hydroxyl groups excluding tert-OH is 1. The zero-order valence-electron chi connectivity index (χ0n) is 14.6. The molecule has 0 amide bonds. The normalized spacial score (nSPS) is 17.7. The summed E-state index contributed by atoms with van der Waals surface area (Å²) in [6.07, 6.45) is -1.21. The average molecular weight is 358 g/mol. The molecule has 2 aromatic carbocycles.